The number of methoxy groups -OCH3 is 2. The van der Waals surface area contributed by atoms with Crippen LogP contribution in [-0.4, -0.2) is 51.3 Å². The Bertz CT molecular complexity index is 776. The summed E-state index contributed by atoms with van der Waals surface area (Å²) >= 11 is 0. The molecule has 2 N–H and O–H groups in total. The predicted octanol–water partition coefficient (Wildman–Crippen LogP) is 3.38. The molecule has 1 aliphatic heterocycles. The standard InChI is InChI=1S/C23H31N3O3/c1-28-21-11-10-18(16-22(21)29-2)12-13-24-23(27)25-17-20(26-14-6-7-15-26)19-8-4-3-5-9-19/h3-5,8-11,16,20H,6-7,12-15,17H2,1-2H3,(H2,24,25,27). The second-order valence-corrected chi connectivity index (χ2v) is 7.25. The Kier molecular flexibility index (Phi) is 7.76. The SMILES string of the molecule is COc1ccc(CCNC(=O)NCC(c2ccccc2)N2CCCC2)cc1OC. The summed E-state index contributed by atoms with van der Waals surface area (Å²) < 4.78 is 10.6. The van der Waals surface area contributed by atoms with Crippen molar-refractivity contribution in [2.75, 3.05) is 40.4 Å². The summed E-state index contributed by atoms with van der Waals surface area (Å²) in [5.41, 5.74) is 2.34. The zero-order valence-corrected chi connectivity index (χ0v) is 17.3. The quantitative estimate of drug-likeness (QED) is 0.681. The van der Waals surface area contributed by atoms with Crippen molar-refractivity contribution < 1.29 is 14.3 Å². The van der Waals surface area contributed by atoms with Crippen LogP contribution < -0.4 is 20.1 Å². The number of rotatable bonds is 9. The predicted molar refractivity (Wildman–Crippen MR) is 115 cm³/mol. The Labute approximate surface area is 173 Å². The molecule has 2 aromatic carbocycles. The molecule has 0 saturated carbocycles. The summed E-state index contributed by atoms with van der Waals surface area (Å²) in [6, 6.07) is 16.3. The number of benzene rings is 2. The van der Waals surface area contributed by atoms with E-state index in [0.29, 0.717) is 24.6 Å². The van der Waals surface area contributed by atoms with Gasteiger partial charge < -0.3 is 20.1 Å². The molecule has 3 rings (SSSR count). The molecular weight excluding hydrogens is 366 g/mol. The number of nitrogens with one attached hydrogen (secondary N) is 2. The molecule has 1 fully saturated rings. The number of hydrogen-bond acceptors (Lipinski definition) is 4. The minimum Gasteiger partial charge on any atom is -0.493 e. The Hall–Kier alpha value is -2.73. The lowest BCUT2D eigenvalue weighted by atomic mass is 10.1. The van der Waals surface area contributed by atoms with Crippen molar-refractivity contribution >= 4 is 6.03 Å². The van der Waals surface area contributed by atoms with Crippen LogP contribution in [0, 0.1) is 0 Å². The first-order valence-corrected chi connectivity index (χ1v) is 10.2. The first-order chi connectivity index (χ1) is 14.2. The van der Waals surface area contributed by atoms with E-state index in [1.54, 1.807) is 14.2 Å². The maximum atomic E-state index is 12.3. The molecule has 1 atom stereocenters. The zero-order valence-electron chi connectivity index (χ0n) is 17.3. The molecule has 2 amide bonds. The van der Waals surface area contributed by atoms with Crippen molar-refractivity contribution in [2.24, 2.45) is 0 Å². The van der Waals surface area contributed by atoms with Crippen molar-refractivity contribution in [3.63, 3.8) is 0 Å². The molecular formula is C23H31N3O3. The largest absolute Gasteiger partial charge is 0.493 e. The third-order valence-corrected chi connectivity index (χ3v) is 5.37. The minimum absolute atomic E-state index is 0.134. The Morgan fingerprint density at radius 1 is 1.00 bits per heavy atom. The summed E-state index contributed by atoms with van der Waals surface area (Å²) in [7, 11) is 3.24. The number of nitrogens with zero attached hydrogens (tertiary/aromatic N) is 1. The number of carbonyl (C=O) groups is 1. The van der Waals surface area contributed by atoms with Gasteiger partial charge in [0.2, 0.25) is 0 Å². The highest BCUT2D eigenvalue weighted by atomic mass is 16.5. The fraction of sp³-hybridized carbons (Fsp3) is 0.435. The summed E-state index contributed by atoms with van der Waals surface area (Å²) in [6.45, 7) is 3.33. The highest BCUT2D eigenvalue weighted by molar-refractivity contribution is 5.73. The van der Waals surface area contributed by atoms with E-state index in [4.69, 9.17) is 9.47 Å². The van der Waals surface area contributed by atoms with Gasteiger partial charge in [0.15, 0.2) is 11.5 Å². The van der Waals surface area contributed by atoms with Gasteiger partial charge in [-0.3, -0.25) is 4.90 Å². The van der Waals surface area contributed by atoms with Gasteiger partial charge in [0.1, 0.15) is 0 Å². The molecule has 156 valence electrons. The smallest absolute Gasteiger partial charge is 0.314 e. The first-order valence-electron chi connectivity index (χ1n) is 10.2. The van der Waals surface area contributed by atoms with Crippen LogP contribution in [0.4, 0.5) is 4.79 Å². The molecule has 0 spiro atoms. The molecule has 0 radical (unpaired) electrons. The van der Waals surface area contributed by atoms with Gasteiger partial charge in [0.05, 0.1) is 20.3 Å². The van der Waals surface area contributed by atoms with Crippen LogP contribution >= 0.6 is 0 Å². The number of carbonyl (C=O) groups excluding carboxylic acids is 1. The lowest BCUT2D eigenvalue weighted by Gasteiger charge is -2.28. The fourth-order valence-corrected chi connectivity index (χ4v) is 3.79. The van der Waals surface area contributed by atoms with Crippen LogP contribution in [0.25, 0.3) is 0 Å². The number of hydrogen-bond donors (Lipinski definition) is 2. The van der Waals surface area contributed by atoms with Crippen LogP contribution in [0.2, 0.25) is 0 Å². The second-order valence-electron chi connectivity index (χ2n) is 7.25. The van der Waals surface area contributed by atoms with E-state index in [1.807, 2.05) is 24.3 Å². The molecule has 0 aliphatic carbocycles. The first kappa shape index (κ1) is 21.0. The van der Waals surface area contributed by atoms with E-state index < -0.39 is 0 Å². The number of likely N-dealkylation sites (tertiary alicyclic amines) is 1. The van der Waals surface area contributed by atoms with Crippen LogP contribution in [0.1, 0.15) is 30.0 Å². The van der Waals surface area contributed by atoms with Crippen molar-refractivity contribution in [2.45, 2.75) is 25.3 Å². The van der Waals surface area contributed by atoms with E-state index in [-0.39, 0.29) is 12.1 Å². The van der Waals surface area contributed by atoms with Crippen molar-refractivity contribution in [3.05, 3.63) is 59.7 Å². The van der Waals surface area contributed by atoms with Gasteiger partial charge in [-0.2, -0.15) is 0 Å². The van der Waals surface area contributed by atoms with Gasteiger partial charge in [-0.15, -0.1) is 0 Å². The fourth-order valence-electron chi connectivity index (χ4n) is 3.79. The molecule has 1 heterocycles. The Balaban J connectivity index is 1.48. The lowest BCUT2D eigenvalue weighted by Crippen LogP contribution is -2.42. The molecule has 1 unspecified atom stereocenters. The summed E-state index contributed by atoms with van der Waals surface area (Å²) in [5, 5.41) is 6.00. The highest BCUT2D eigenvalue weighted by Crippen LogP contribution is 2.27. The molecule has 6 nitrogen and oxygen atoms in total. The number of amides is 2. The topological polar surface area (TPSA) is 62.8 Å². The van der Waals surface area contributed by atoms with Gasteiger partial charge in [-0.05, 0) is 55.6 Å². The number of urea groups is 1. The normalized spacial score (nSPS) is 15.0. The van der Waals surface area contributed by atoms with Gasteiger partial charge >= 0.3 is 6.03 Å². The summed E-state index contributed by atoms with van der Waals surface area (Å²) in [5.74, 6) is 1.40. The zero-order chi connectivity index (χ0) is 20.5. The van der Waals surface area contributed by atoms with E-state index in [0.717, 1.165) is 25.1 Å². The Morgan fingerprint density at radius 3 is 2.41 bits per heavy atom. The average molecular weight is 398 g/mol. The third kappa shape index (κ3) is 5.87. The van der Waals surface area contributed by atoms with Crippen molar-refractivity contribution in [3.8, 4) is 11.5 Å². The molecule has 0 bridgehead atoms. The lowest BCUT2D eigenvalue weighted by molar-refractivity contribution is 0.221. The number of ether oxygens (including phenoxy) is 2. The van der Waals surface area contributed by atoms with Crippen molar-refractivity contribution in [1.82, 2.24) is 15.5 Å². The molecule has 6 heteroatoms. The molecule has 29 heavy (non-hydrogen) atoms. The van der Waals surface area contributed by atoms with Gasteiger partial charge in [0.25, 0.3) is 0 Å². The Morgan fingerprint density at radius 2 is 1.72 bits per heavy atom. The molecule has 1 aliphatic rings. The van der Waals surface area contributed by atoms with Crippen LogP contribution in [0.5, 0.6) is 11.5 Å². The van der Waals surface area contributed by atoms with Crippen LogP contribution in [-0.2, 0) is 6.42 Å². The van der Waals surface area contributed by atoms with E-state index in [9.17, 15) is 4.79 Å². The monoisotopic (exact) mass is 397 g/mol. The third-order valence-electron chi connectivity index (χ3n) is 5.37. The van der Waals surface area contributed by atoms with Crippen LogP contribution in [0.3, 0.4) is 0 Å². The van der Waals surface area contributed by atoms with E-state index in [1.165, 1.54) is 18.4 Å². The summed E-state index contributed by atoms with van der Waals surface area (Å²) in [6.07, 6.45) is 3.17. The van der Waals surface area contributed by atoms with Gasteiger partial charge in [-0.1, -0.05) is 36.4 Å². The van der Waals surface area contributed by atoms with Gasteiger partial charge in [0, 0.05) is 13.1 Å². The van der Waals surface area contributed by atoms with Crippen LogP contribution in [0.15, 0.2) is 48.5 Å². The van der Waals surface area contributed by atoms with E-state index >= 15 is 0 Å². The summed E-state index contributed by atoms with van der Waals surface area (Å²) in [4.78, 5) is 14.8. The van der Waals surface area contributed by atoms with E-state index in [2.05, 4.69) is 39.8 Å². The van der Waals surface area contributed by atoms with Gasteiger partial charge in [-0.25, -0.2) is 4.79 Å². The molecule has 1 saturated heterocycles. The molecule has 2 aromatic rings. The van der Waals surface area contributed by atoms with Crippen molar-refractivity contribution in [1.29, 1.82) is 0 Å². The maximum absolute atomic E-state index is 12.3. The second kappa shape index (κ2) is 10.7. The maximum Gasteiger partial charge on any atom is 0.314 e. The average Bonchev–Trinajstić information content (AvgIpc) is 3.29. The highest BCUT2D eigenvalue weighted by Gasteiger charge is 2.23. The molecule has 0 aromatic heterocycles. The minimum atomic E-state index is -0.134.